The molecule has 1 N–H and O–H groups in total. The number of carbonyl (C=O) groups is 1. The van der Waals surface area contributed by atoms with Crippen molar-refractivity contribution in [2.75, 3.05) is 11.6 Å². The van der Waals surface area contributed by atoms with Crippen LogP contribution in [-0.4, -0.2) is 45.0 Å². The highest BCUT2D eigenvalue weighted by Crippen LogP contribution is 2.26. The molecule has 0 fully saturated rings. The average Bonchev–Trinajstić information content (AvgIpc) is 3.41. The molecule has 0 aliphatic carbocycles. The lowest BCUT2D eigenvalue weighted by atomic mass is 10.2. The number of anilines is 1. The molecule has 0 radical (unpaired) electrons. The van der Waals surface area contributed by atoms with Crippen LogP contribution in [-0.2, 0) is 28.6 Å². The number of ether oxygens (including phenoxy) is 1. The van der Waals surface area contributed by atoms with Crippen LogP contribution in [0.25, 0.3) is 10.9 Å². The molecule has 164 valence electrons. The van der Waals surface area contributed by atoms with Crippen molar-refractivity contribution in [2.24, 2.45) is 0 Å². The number of aromatic nitrogens is 5. The number of nitrogens with one attached hydrogen (secondary N) is 1. The number of amides is 1. The fraction of sp³-hybridized carbons (Fsp3) is 0.238. The van der Waals surface area contributed by atoms with E-state index in [1.807, 2.05) is 16.8 Å². The molecule has 32 heavy (non-hydrogen) atoms. The summed E-state index contributed by atoms with van der Waals surface area (Å²) in [6, 6.07) is 10.2. The summed E-state index contributed by atoms with van der Waals surface area (Å²) in [6.07, 6.45) is 6.14. The lowest BCUT2D eigenvalue weighted by Gasteiger charge is -2.08. The lowest BCUT2D eigenvalue weighted by molar-refractivity contribution is 0.254. The maximum absolute atomic E-state index is 12.7. The Kier molecular flexibility index (Phi) is 4.89. The van der Waals surface area contributed by atoms with Crippen LogP contribution in [0.3, 0.4) is 0 Å². The summed E-state index contributed by atoms with van der Waals surface area (Å²) in [5.41, 5.74) is 2.19. The number of nitrogens with zero attached hydrogens (tertiary/aromatic N) is 5. The van der Waals surface area contributed by atoms with E-state index in [2.05, 4.69) is 20.4 Å². The number of hydrogen-bond donors (Lipinski definition) is 1. The normalized spacial score (nSPS) is 13.3. The van der Waals surface area contributed by atoms with Gasteiger partial charge in [-0.25, -0.2) is 23.2 Å². The van der Waals surface area contributed by atoms with Crippen molar-refractivity contribution in [3.8, 4) is 11.6 Å². The third-order valence-electron chi connectivity index (χ3n) is 5.11. The average molecular weight is 452 g/mol. The minimum absolute atomic E-state index is 0.192. The van der Waals surface area contributed by atoms with Crippen LogP contribution in [0.1, 0.15) is 17.8 Å². The Bertz CT molecular complexity index is 1420. The van der Waals surface area contributed by atoms with Crippen LogP contribution in [0.5, 0.6) is 11.6 Å². The van der Waals surface area contributed by atoms with Gasteiger partial charge in [0.25, 0.3) is 0 Å². The Morgan fingerprint density at radius 2 is 2.06 bits per heavy atom. The van der Waals surface area contributed by atoms with Crippen LogP contribution >= 0.6 is 0 Å². The number of benzene rings is 1. The zero-order chi connectivity index (χ0) is 22.3. The van der Waals surface area contributed by atoms with E-state index < -0.39 is 9.84 Å². The van der Waals surface area contributed by atoms with Crippen molar-refractivity contribution in [1.82, 2.24) is 24.3 Å². The zero-order valence-electron chi connectivity index (χ0n) is 17.2. The number of rotatable bonds is 5. The second kappa shape index (κ2) is 7.75. The summed E-state index contributed by atoms with van der Waals surface area (Å²) in [5.74, 6) is 1.09. The molecule has 3 aromatic heterocycles. The fourth-order valence-corrected chi connectivity index (χ4v) is 4.45. The van der Waals surface area contributed by atoms with Crippen LogP contribution in [0.15, 0.2) is 48.9 Å². The minimum Gasteiger partial charge on any atom is -0.439 e. The van der Waals surface area contributed by atoms with Gasteiger partial charge in [0.05, 0.1) is 17.0 Å². The number of sulfone groups is 1. The van der Waals surface area contributed by atoms with Gasteiger partial charge in [0, 0.05) is 42.2 Å². The van der Waals surface area contributed by atoms with Crippen LogP contribution in [0.2, 0.25) is 0 Å². The Morgan fingerprint density at radius 1 is 1.19 bits per heavy atom. The topological polar surface area (TPSA) is 121 Å². The van der Waals surface area contributed by atoms with Gasteiger partial charge in [-0.3, -0.25) is 14.6 Å². The van der Waals surface area contributed by atoms with E-state index in [9.17, 15) is 13.2 Å². The van der Waals surface area contributed by atoms with Crippen LogP contribution in [0, 0.1) is 0 Å². The predicted octanol–water partition coefficient (Wildman–Crippen LogP) is 2.99. The van der Waals surface area contributed by atoms with Gasteiger partial charge in [-0.1, -0.05) is 0 Å². The highest BCUT2D eigenvalue weighted by molar-refractivity contribution is 7.89. The summed E-state index contributed by atoms with van der Waals surface area (Å²) in [4.78, 5) is 20.8. The molecule has 0 unspecified atom stereocenters. The smallest absolute Gasteiger partial charge is 0.331 e. The molecule has 0 saturated carbocycles. The fourth-order valence-electron chi connectivity index (χ4n) is 3.75. The highest BCUT2D eigenvalue weighted by Gasteiger charge is 2.16. The number of fused-ring (bicyclic) bond motifs is 2. The van der Waals surface area contributed by atoms with E-state index in [0.29, 0.717) is 22.8 Å². The highest BCUT2D eigenvalue weighted by atomic mass is 32.2. The molecule has 11 heteroatoms. The maximum Gasteiger partial charge on any atom is 0.331 e. The Balaban J connectivity index is 1.33. The Labute approximate surface area is 183 Å². The number of hydrogen-bond acceptors (Lipinski definition) is 7. The van der Waals surface area contributed by atoms with Gasteiger partial charge in [-0.2, -0.15) is 5.10 Å². The largest absolute Gasteiger partial charge is 0.439 e. The standard InChI is InChI=1S/C21H20N6O4S/c1-32(29,30)12-15-10-20(23-13-22-15)31-17-4-5-18-14(9-17)6-8-26(18)21(28)24-19-11-16-3-2-7-27(16)25-19/h4-6,8-11,13H,2-3,7,12H2,1H3,(H,24,25,28). The Hall–Kier alpha value is -3.73. The van der Waals surface area contributed by atoms with E-state index in [4.69, 9.17) is 4.74 Å². The lowest BCUT2D eigenvalue weighted by Crippen LogP contribution is -2.18. The number of carbonyl (C=O) groups excluding carboxylic acids is 1. The predicted molar refractivity (Wildman–Crippen MR) is 118 cm³/mol. The van der Waals surface area contributed by atoms with Crippen molar-refractivity contribution < 1.29 is 17.9 Å². The summed E-state index contributed by atoms with van der Waals surface area (Å²) in [5, 5.41) is 8.05. The van der Waals surface area contributed by atoms with E-state index in [1.165, 1.54) is 17.0 Å². The second-order valence-corrected chi connectivity index (χ2v) is 9.84. The third kappa shape index (κ3) is 4.19. The van der Waals surface area contributed by atoms with E-state index in [1.54, 1.807) is 24.4 Å². The Morgan fingerprint density at radius 3 is 2.88 bits per heavy atom. The van der Waals surface area contributed by atoms with E-state index in [-0.39, 0.29) is 17.7 Å². The first kappa shape index (κ1) is 20.2. The van der Waals surface area contributed by atoms with Gasteiger partial charge < -0.3 is 4.74 Å². The van der Waals surface area contributed by atoms with Gasteiger partial charge in [0.1, 0.15) is 12.1 Å². The van der Waals surface area contributed by atoms with Gasteiger partial charge in [-0.15, -0.1) is 0 Å². The van der Waals surface area contributed by atoms with E-state index >= 15 is 0 Å². The SMILES string of the molecule is CS(=O)(=O)Cc1cc(Oc2ccc3c(ccn3C(=O)Nc3cc4n(n3)CCC4)c2)ncn1. The van der Waals surface area contributed by atoms with Crippen molar-refractivity contribution in [3.63, 3.8) is 0 Å². The molecule has 4 aromatic rings. The molecule has 1 aliphatic heterocycles. The molecule has 0 saturated heterocycles. The van der Waals surface area contributed by atoms with Crippen molar-refractivity contribution in [3.05, 3.63) is 60.3 Å². The molecule has 10 nitrogen and oxygen atoms in total. The summed E-state index contributed by atoms with van der Waals surface area (Å²) in [7, 11) is -3.22. The van der Waals surface area contributed by atoms with Gasteiger partial charge >= 0.3 is 6.03 Å². The second-order valence-electron chi connectivity index (χ2n) is 7.70. The maximum atomic E-state index is 12.7. The molecule has 0 atom stereocenters. The first-order valence-electron chi connectivity index (χ1n) is 10.00. The molecule has 0 bridgehead atoms. The third-order valence-corrected chi connectivity index (χ3v) is 5.93. The quantitative estimate of drug-likeness (QED) is 0.494. The van der Waals surface area contributed by atoms with Crippen LogP contribution < -0.4 is 10.1 Å². The molecular formula is C21H20N6O4S. The van der Waals surface area contributed by atoms with Gasteiger partial charge in [0.2, 0.25) is 5.88 Å². The molecule has 1 amide bonds. The number of aryl methyl sites for hydroxylation is 2. The summed E-state index contributed by atoms with van der Waals surface area (Å²) < 4.78 is 32.2. The van der Waals surface area contributed by atoms with Gasteiger partial charge in [-0.05, 0) is 37.1 Å². The molecule has 1 aliphatic rings. The molecule has 1 aromatic carbocycles. The monoisotopic (exact) mass is 452 g/mol. The van der Waals surface area contributed by atoms with Crippen molar-refractivity contribution in [1.29, 1.82) is 0 Å². The van der Waals surface area contributed by atoms with E-state index in [0.717, 1.165) is 36.7 Å². The van der Waals surface area contributed by atoms with Crippen LogP contribution in [0.4, 0.5) is 10.6 Å². The summed E-state index contributed by atoms with van der Waals surface area (Å²) in [6.45, 7) is 0.877. The van der Waals surface area contributed by atoms with Gasteiger partial charge in [0.15, 0.2) is 15.7 Å². The first-order chi connectivity index (χ1) is 15.3. The zero-order valence-corrected chi connectivity index (χ0v) is 18.0. The molecular weight excluding hydrogens is 432 g/mol. The van der Waals surface area contributed by atoms with Crippen molar-refractivity contribution >= 4 is 32.6 Å². The summed E-state index contributed by atoms with van der Waals surface area (Å²) >= 11 is 0. The van der Waals surface area contributed by atoms with Crippen molar-refractivity contribution in [2.45, 2.75) is 25.1 Å². The first-order valence-corrected chi connectivity index (χ1v) is 12.1. The minimum atomic E-state index is -3.22. The molecule has 5 rings (SSSR count). The molecule has 4 heterocycles. The molecule has 0 spiro atoms.